The number of hydrogen-bond donors (Lipinski definition) is 2. The number of hydrogen-bond acceptors (Lipinski definition) is 4. The van der Waals surface area contributed by atoms with Gasteiger partial charge in [-0.15, -0.1) is 0 Å². The molecule has 1 aromatic heterocycles. The molecule has 1 aromatic rings. The molecule has 1 aliphatic heterocycles. The van der Waals surface area contributed by atoms with Crippen molar-refractivity contribution in [3.05, 3.63) is 30.1 Å². The van der Waals surface area contributed by atoms with Crippen molar-refractivity contribution in [2.75, 3.05) is 39.4 Å². The van der Waals surface area contributed by atoms with Crippen molar-refractivity contribution in [2.45, 2.75) is 32.7 Å². The van der Waals surface area contributed by atoms with E-state index in [4.69, 9.17) is 10.5 Å². The molecule has 0 aliphatic carbocycles. The van der Waals surface area contributed by atoms with E-state index in [9.17, 15) is 0 Å². The van der Waals surface area contributed by atoms with Crippen LogP contribution in [-0.4, -0.2) is 61.3 Å². The van der Waals surface area contributed by atoms with Crippen molar-refractivity contribution >= 4 is 5.96 Å². The van der Waals surface area contributed by atoms with Gasteiger partial charge < -0.3 is 15.8 Å². The minimum atomic E-state index is 0.435. The van der Waals surface area contributed by atoms with Crippen LogP contribution >= 0.6 is 0 Å². The molecule has 0 radical (unpaired) electrons. The molecule has 0 amide bonds. The number of aromatic nitrogens is 1. The molecule has 0 spiro atoms. The van der Waals surface area contributed by atoms with Crippen LogP contribution in [0.1, 0.15) is 26.0 Å². The van der Waals surface area contributed by atoms with E-state index in [1.807, 2.05) is 24.4 Å². The SMILES string of the molecule is CC(C)CC(CN=C(N)NCCc1ccccn1)N1CCOCC1. The number of nitrogens with two attached hydrogens (primary N) is 1. The molecule has 2 heterocycles. The first-order valence-corrected chi connectivity index (χ1v) is 8.90. The van der Waals surface area contributed by atoms with Gasteiger partial charge in [0.1, 0.15) is 0 Å². The lowest BCUT2D eigenvalue weighted by Gasteiger charge is -2.34. The average molecular weight is 333 g/mol. The Labute approximate surface area is 145 Å². The highest BCUT2D eigenvalue weighted by Crippen LogP contribution is 2.13. The van der Waals surface area contributed by atoms with E-state index in [2.05, 4.69) is 34.0 Å². The van der Waals surface area contributed by atoms with Gasteiger partial charge in [-0.1, -0.05) is 19.9 Å². The van der Waals surface area contributed by atoms with Crippen LogP contribution in [0.5, 0.6) is 0 Å². The first kappa shape index (κ1) is 18.7. The van der Waals surface area contributed by atoms with E-state index in [1.165, 1.54) is 0 Å². The van der Waals surface area contributed by atoms with E-state index < -0.39 is 0 Å². The number of nitrogens with one attached hydrogen (secondary N) is 1. The van der Waals surface area contributed by atoms with Crippen LogP contribution in [-0.2, 0) is 11.2 Å². The summed E-state index contributed by atoms with van der Waals surface area (Å²) in [6, 6.07) is 6.38. The van der Waals surface area contributed by atoms with Crippen LogP contribution in [0.25, 0.3) is 0 Å². The summed E-state index contributed by atoms with van der Waals surface area (Å²) in [5.74, 6) is 1.17. The monoisotopic (exact) mass is 333 g/mol. The molecule has 1 fully saturated rings. The Morgan fingerprint density at radius 1 is 1.38 bits per heavy atom. The number of rotatable bonds is 8. The van der Waals surface area contributed by atoms with Crippen LogP contribution < -0.4 is 11.1 Å². The third-order valence-corrected chi connectivity index (χ3v) is 4.19. The summed E-state index contributed by atoms with van der Waals surface area (Å²) in [5, 5.41) is 3.19. The summed E-state index contributed by atoms with van der Waals surface area (Å²) in [7, 11) is 0. The zero-order valence-electron chi connectivity index (χ0n) is 14.9. The second-order valence-corrected chi connectivity index (χ2v) is 6.66. The topological polar surface area (TPSA) is 75.8 Å². The molecule has 1 atom stereocenters. The van der Waals surface area contributed by atoms with Crippen LogP contribution in [0.4, 0.5) is 0 Å². The normalized spacial score (nSPS) is 17.9. The van der Waals surface area contributed by atoms with Gasteiger partial charge in [0.2, 0.25) is 0 Å². The molecule has 2 rings (SSSR count). The molecule has 1 aliphatic rings. The molecule has 0 saturated carbocycles. The maximum atomic E-state index is 6.02. The number of morpholine rings is 1. The zero-order valence-corrected chi connectivity index (χ0v) is 14.9. The van der Waals surface area contributed by atoms with Crippen LogP contribution in [0, 0.1) is 5.92 Å². The van der Waals surface area contributed by atoms with Crippen molar-refractivity contribution in [1.82, 2.24) is 15.2 Å². The molecule has 1 unspecified atom stereocenters. The number of guanidine groups is 1. The lowest BCUT2D eigenvalue weighted by Crippen LogP contribution is -2.46. The van der Waals surface area contributed by atoms with Gasteiger partial charge in [0.05, 0.1) is 19.8 Å². The maximum absolute atomic E-state index is 6.02. The highest BCUT2D eigenvalue weighted by Gasteiger charge is 2.21. The summed E-state index contributed by atoms with van der Waals surface area (Å²) in [6.45, 7) is 9.60. The summed E-state index contributed by atoms with van der Waals surface area (Å²) in [6.07, 6.45) is 3.78. The van der Waals surface area contributed by atoms with E-state index in [0.717, 1.165) is 57.9 Å². The van der Waals surface area contributed by atoms with E-state index >= 15 is 0 Å². The molecule has 6 heteroatoms. The van der Waals surface area contributed by atoms with Gasteiger partial charge in [0.25, 0.3) is 0 Å². The number of aliphatic imine (C=N–C) groups is 1. The number of nitrogens with zero attached hydrogens (tertiary/aromatic N) is 3. The predicted molar refractivity (Wildman–Crippen MR) is 98.1 cm³/mol. The molecule has 0 bridgehead atoms. The Morgan fingerprint density at radius 2 is 2.17 bits per heavy atom. The van der Waals surface area contributed by atoms with E-state index in [1.54, 1.807) is 0 Å². The smallest absolute Gasteiger partial charge is 0.188 e. The quantitative estimate of drug-likeness (QED) is 0.553. The Hall–Kier alpha value is -1.66. The van der Waals surface area contributed by atoms with Gasteiger partial charge in [-0.05, 0) is 24.5 Å². The van der Waals surface area contributed by atoms with Gasteiger partial charge in [0, 0.05) is 44.0 Å². The molecule has 3 N–H and O–H groups in total. The van der Waals surface area contributed by atoms with Gasteiger partial charge in [-0.2, -0.15) is 0 Å². The lowest BCUT2D eigenvalue weighted by atomic mass is 10.0. The van der Waals surface area contributed by atoms with E-state index in [-0.39, 0.29) is 0 Å². The number of pyridine rings is 1. The fraction of sp³-hybridized carbons (Fsp3) is 0.667. The second kappa shape index (κ2) is 10.3. The molecule has 0 aromatic carbocycles. The first-order chi connectivity index (χ1) is 11.6. The second-order valence-electron chi connectivity index (χ2n) is 6.66. The van der Waals surface area contributed by atoms with E-state index in [0.29, 0.717) is 17.9 Å². The largest absolute Gasteiger partial charge is 0.379 e. The molecule has 24 heavy (non-hydrogen) atoms. The zero-order chi connectivity index (χ0) is 17.2. The Balaban J connectivity index is 1.78. The lowest BCUT2D eigenvalue weighted by molar-refractivity contribution is 0.0143. The predicted octanol–water partition coefficient (Wildman–Crippen LogP) is 1.28. The minimum absolute atomic E-state index is 0.435. The molecule has 1 saturated heterocycles. The average Bonchev–Trinajstić information content (AvgIpc) is 2.60. The first-order valence-electron chi connectivity index (χ1n) is 8.90. The Kier molecular flexibility index (Phi) is 7.98. The van der Waals surface area contributed by atoms with Gasteiger partial charge >= 0.3 is 0 Å². The minimum Gasteiger partial charge on any atom is -0.379 e. The fourth-order valence-electron chi connectivity index (χ4n) is 2.95. The summed E-state index contributed by atoms with van der Waals surface area (Å²) >= 11 is 0. The van der Waals surface area contributed by atoms with Crippen molar-refractivity contribution < 1.29 is 4.74 Å². The fourth-order valence-corrected chi connectivity index (χ4v) is 2.95. The molecule has 6 nitrogen and oxygen atoms in total. The highest BCUT2D eigenvalue weighted by atomic mass is 16.5. The highest BCUT2D eigenvalue weighted by molar-refractivity contribution is 5.77. The Morgan fingerprint density at radius 3 is 2.83 bits per heavy atom. The molecule has 134 valence electrons. The third kappa shape index (κ3) is 6.84. The summed E-state index contributed by atoms with van der Waals surface area (Å²) in [4.78, 5) is 11.3. The number of ether oxygens (including phenoxy) is 1. The molecular formula is C18H31N5O. The molecular weight excluding hydrogens is 302 g/mol. The van der Waals surface area contributed by atoms with Gasteiger partial charge in [0.15, 0.2) is 5.96 Å². The third-order valence-electron chi connectivity index (χ3n) is 4.19. The van der Waals surface area contributed by atoms with Gasteiger partial charge in [-0.25, -0.2) is 0 Å². The van der Waals surface area contributed by atoms with Crippen molar-refractivity contribution in [3.8, 4) is 0 Å². The standard InChI is InChI=1S/C18H31N5O/c1-15(2)13-17(23-9-11-24-12-10-23)14-22-18(19)21-8-6-16-5-3-4-7-20-16/h3-5,7,15,17H,6,8-14H2,1-2H3,(H3,19,21,22). The Bertz CT molecular complexity index is 485. The van der Waals surface area contributed by atoms with Crippen LogP contribution in [0.15, 0.2) is 29.4 Å². The van der Waals surface area contributed by atoms with Crippen molar-refractivity contribution in [2.24, 2.45) is 16.6 Å². The van der Waals surface area contributed by atoms with Gasteiger partial charge in [-0.3, -0.25) is 14.9 Å². The van der Waals surface area contributed by atoms with Crippen molar-refractivity contribution in [3.63, 3.8) is 0 Å². The van der Waals surface area contributed by atoms with Crippen molar-refractivity contribution in [1.29, 1.82) is 0 Å². The maximum Gasteiger partial charge on any atom is 0.188 e. The summed E-state index contributed by atoms with van der Waals surface area (Å²) < 4.78 is 5.46. The van der Waals surface area contributed by atoms with Crippen LogP contribution in [0.3, 0.4) is 0 Å². The van der Waals surface area contributed by atoms with Crippen LogP contribution in [0.2, 0.25) is 0 Å². The summed E-state index contributed by atoms with van der Waals surface area (Å²) in [5.41, 5.74) is 7.08.